The summed E-state index contributed by atoms with van der Waals surface area (Å²) in [7, 11) is 0. The number of piperidine rings is 1. The van der Waals surface area contributed by atoms with E-state index >= 15 is 0 Å². The molecule has 0 spiro atoms. The molecule has 0 aromatic heterocycles. The minimum atomic E-state index is -0.0456. The van der Waals surface area contributed by atoms with Crippen molar-refractivity contribution in [1.82, 2.24) is 10.2 Å². The first-order chi connectivity index (χ1) is 9.06. The van der Waals surface area contributed by atoms with Crippen LogP contribution >= 0.6 is 0 Å². The van der Waals surface area contributed by atoms with E-state index in [1.807, 2.05) is 6.92 Å². The van der Waals surface area contributed by atoms with E-state index in [2.05, 4.69) is 17.1 Å². The van der Waals surface area contributed by atoms with Crippen LogP contribution in [-0.2, 0) is 4.79 Å². The van der Waals surface area contributed by atoms with Gasteiger partial charge in [-0.2, -0.15) is 0 Å². The lowest BCUT2D eigenvalue weighted by atomic mass is 9.94. The van der Waals surface area contributed by atoms with Gasteiger partial charge in [0.1, 0.15) is 0 Å². The van der Waals surface area contributed by atoms with Gasteiger partial charge in [0.2, 0.25) is 5.91 Å². The van der Waals surface area contributed by atoms with Crippen molar-refractivity contribution < 1.29 is 4.79 Å². The van der Waals surface area contributed by atoms with Crippen LogP contribution in [0.25, 0.3) is 0 Å². The normalized spacial score (nSPS) is 31.9. The molecule has 1 saturated carbocycles. The van der Waals surface area contributed by atoms with Crippen LogP contribution in [0.5, 0.6) is 0 Å². The van der Waals surface area contributed by atoms with Gasteiger partial charge in [-0.25, -0.2) is 0 Å². The van der Waals surface area contributed by atoms with Crippen molar-refractivity contribution in [3.05, 3.63) is 0 Å². The fourth-order valence-electron chi connectivity index (χ4n) is 3.49. The van der Waals surface area contributed by atoms with E-state index in [0.29, 0.717) is 12.0 Å². The molecule has 0 bridgehead atoms. The molecule has 3 N–H and O–H groups in total. The van der Waals surface area contributed by atoms with Gasteiger partial charge in [0, 0.05) is 25.2 Å². The number of amides is 1. The second kappa shape index (κ2) is 6.71. The first-order valence-corrected chi connectivity index (χ1v) is 7.86. The average molecular weight is 267 g/mol. The second-order valence-electron chi connectivity index (χ2n) is 6.57. The number of carbonyl (C=O) groups excluding carboxylic acids is 1. The van der Waals surface area contributed by atoms with Gasteiger partial charge >= 0.3 is 0 Å². The van der Waals surface area contributed by atoms with Crippen molar-refractivity contribution in [2.45, 2.75) is 70.5 Å². The summed E-state index contributed by atoms with van der Waals surface area (Å²) >= 11 is 0. The minimum absolute atomic E-state index is 0.0456. The zero-order valence-electron chi connectivity index (χ0n) is 12.4. The minimum Gasteiger partial charge on any atom is -0.352 e. The molecule has 0 aromatic carbocycles. The van der Waals surface area contributed by atoms with Crippen LogP contribution in [0.1, 0.15) is 52.4 Å². The quantitative estimate of drug-likeness (QED) is 0.814. The Morgan fingerprint density at radius 3 is 2.58 bits per heavy atom. The van der Waals surface area contributed by atoms with E-state index in [-0.39, 0.29) is 18.0 Å². The molecule has 1 aliphatic carbocycles. The van der Waals surface area contributed by atoms with Crippen molar-refractivity contribution in [1.29, 1.82) is 0 Å². The largest absolute Gasteiger partial charge is 0.352 e. The SMILES string of the molecule is CC1CC(N)CN(C(C)C(=O)NC2CCCCC2)C1. The summed E-state index contributed by atoms with van der Waals surface area (Å²) in [5.74, 6) is 0.780. The molecule has 0 radical (unpaired) electrons. The second-order valence-corrected chi connectivity index (χ2v) is 6.57. The lowest BCUT2D eigenvalue weighted by Gasteiger charge is -2.38. The lowest BCUT2D eigenvalue weighted by Crippen LogP contribution is -2.55. The molecule has 4 nitrogen and oxygen atoms in total. The Labute approximate surface area is 117 Å². The maximum atomic E-state index is 12.3. The van der Waals surface area contributed by atoms with Crippen LogP contribution in [0.15, 0.2) is 0 Å². The predicted molar refractivity (Wildman–Crippen MR) is 77.8 cm³/mol. The molecule has 2 fully saturated rings. The summed E-state index contributed by atoms with van der Waals surface area (Å²) in [6.07, 6.45) is 7.20. The summed E-state index contributed by atoms with van der Waals surface area (Å²) < 4.78 is 0. The van der Waals surface area contributed by atoms with E-state index in [1.165, 1.54) is 19.3 Å². The summed E-state index contributed by atoms with van der Waals surface area (Å²) in [4.78, 5) is 14.6. The van der Waals surface area contributed by atoms with Gasteiger partial charge < -0.3 is 11.1 Å². The van der Waals surface area contributed by atoms with E-state index in [1.54, 1.807) is 0 Å². The topological polar surface area (TPSA) is 58.4 Å². The summed E-state index contributed by atoms with van der Waals surface area (Å²) in [5.41, 5.74) is 6.06. The fraction of sp³-hybridized carbons (Fsp3) is 0.933. The maximum Gasteiger partial charge on any atom is 0.237 e. The summed E-state index contributed by atoms with van der Waals surface area (Å²) in [6.45, 7) is 6.08. The molecule has 1 amide bonds. The standard InChI is InChI=1S/C15H29N3O/c1-11-8-13(16)10-18(9-11)12(2)15(19)17-14-6-4-3-5-7-14/h11-14H,3-10,16H2,1-2H3,(H,17,19). The number of rotatable bonds is 3. The van der Waals surface area contributed by atoms with E-state index < -0.39 is 0 Å². The Morgan fingerprint density at radius 1 is 1.26 bits per heavy atom. The zero-order valence-corrected chi connectivity index (χ0v) is 12.4. The predicted octanol–water partition coefficient (Wildman–Crippen LogP) is 1.49. The Balaban J connectivity index is 1.83. The highest BCUT2D eigenvalue weighted by Gasteiger charge is 2.30. The lowest BCUT2D eigenvalue weighted by molar-refractivity contribution is -0.127. The summed E-state index contributed by atoms with van der Waals surface area (Å²) in [6, 6.07) is 0.573. The van der Waals surface area contributed by atoms with Gasteiger partial charge in [0.25, 0.3) is 0 Å². The van der Waals surface area contributed by atoms with Crippen LogP contribution in [0, 0.1) is 5.92 Å². The van der Waals surface area contributed by atoms with Crippen molar-refractivity contribution in [2.24, 2.45) is 11.7 Å². The molecular weight excluding hydrogens is 238 g/mol. The molecule has 19 heavy (non-hydrogen) atoms. The monoisotopic (exact) mass is 267 g/mol. The van der Waals surface area contributed by atoms with E-state index in [9.17, 15) is 4.79 Å². The average Bonchev–Trinajstić information content (AvgIpc) is 2.37. The molecule has 2 aliphatic rings. The van der Waals surface area contributed by atoms with Crippen molar-refractivity contribution >= 4 is 5.91 Å². The van der Waals surface area contributed by atoms with Gasteiger partial charge in [-0.15, -0.1) is 0 Å². The third-order valence-electron chi connectivity index (χ3n) is 4.60. The molecular formula is C15H29N3O. The zero-order chi connectivity index (χ0) is 13.8. The Bertz CT molecular complexity index is 292. The van der Waals surface area contributed by atoms with Crippen molar-refractivity contribution in [2.75, 3.05) is 13.1 Å². The highest BCUT2D eigenvalue weighted by atomic mass is 16.2. The number of hydrogen-bond acceptors (Lipinski definition) is 3. The highest BCUT2D eigenvalue weighted by molar-refractivity contribution is 5.81. The van der Waals surface area contributed by atoms with Crippen molar-refractivity contribution in [3.8, 4) is 0 Å². The number of carbonyl (C=O) groups is 1. The third kappa shape index (κ3) is 4.18. The maximum absolute atomic E-state index is 12.3. The first-order valence-electron chi connectivity index (χ1n) is 7.86. The van der Waals surface area contributed by atoms with Crippen LogP contribution in [-0.4, -0.2) is 42.0 Å². The van der Waals surface area contributed by atoms with Crippen LogP contribution < -0.4 is 11.1 Å². The smallest absolute Gasteiger partial charge is 0.237 e. The number of nitrogens with zero attached hydrogens (tertiary/aromatic N) is 1. The van der Waals surface area contributed by atoms with E-state index in [0.717, 1.165) is 32.4 Å². The third-order valence-corrected chi connectivity index (χ3v) is 4.60. The Morgan fingerprint density at radius 2 is 1.95 bits per heavy atom. The van der Waals surface area contributed by atoms with Gasteiger partial charge in [0.05, 0.1) is 6.04 Å². The number of nitrogens with one attached hydrogen (secondary N) is 1. The first kappa shape index (κ1) is 14.8. The highest BCUT2D eigenvalue weighted by Crippen LogP contribution is 2.19. The van der Waals surface area contributed by atoms with Crippen LogP contribution in [0.2, 0.25) is 0 Å². The van der Waals surface area contributed by atoms with E-state index in [4.69, 9.17) is 5.73 Å². The summed E-state index contributed by atoms with van der Waals surface area (Å²) in [5, 5.41) is 3.22. The molecule has 4 heteroatoms. The molecule has 1 heterocycles. The number of nitrogens with two attached hydrogens (primary N) is 1. The van der Waals surface area contributed by atoms with Gasteiger partial charge in [-0.05, 0) is 32.1 Å². The molecule has 3 atom stereocenters. The molecule has 0 aromatic rings. The molecule has 2 rings (SSSR count). The van der Waals surface area contributed by atoms with Gasteiger partial charge in [0.15, 0.2) is 0 Å². The molecule has 1 aliphatic heterocycles. The van der Waals surface area contributed by atoms with Gasteiger partial charge in [-0.3, -0.25) is 9.69 Å². The molecule has 1 saturated heterocycles. The Kier molecular flexibility index (Phi) is 5.22. The number of likely N-dealkylation sites (tertiary alicyclic amines) is 1. The van der Waals surface area contributed by atoms with Crippen molar-refractivity contribution in [3.63, 3.8) is 0 Å². The van der Waals surface area contributed by atoms with Gasteiger partial charge in [-0.1, -0.05) is 26.2 Å². The molecule has 110 valence electrons. The number of hydrogen-bond donors (Lipinski definition) is 2. The fourth-order valence-corrected chi connectivity index (χ4v) is 3.49. The van der Waals surface area contributed by atoms with Crippen LogP contribution in [0.3, 0.4) is 0 Å². The molecule has 3 unspecified atom stereocenters. The van der Waals surface area contributed by atoms with Crippen LogP contribution in [0.4, 0.5) is 0 Å². The Hall–Kier alpha value is -0.610.